The SMILES string of the molecule is Cc1nnc(-c2ccc(C(F)F)cc2)c(C)c1C. The van der Waals surface area contributed by atoms with Crippen molar-refractivity contribution in [2.45, 2.75) is 27.2 Å². The lowest BCUT2D eigenvalue weighted by Crippen LogP contribution is -1.99. The summed E-state index contributed by atoms with van der Waals surface area (Å²) in [5.41, 5.74) is 4.59. The van der Waals surface area contributed by atoms with Gasteiger partial charge in [-0.3, -0.25) is 0 Å². The number of rotatable bonds is 2. The van der Waals surface area contributed by atoms with Crippen LogP contribution in [0.4, 0.5) is 8.78 Å². The monoisotopic (exact) mass is 248 g/mol. The van der Waals surface area contributed by atoms with Crippen molar-refractivity contribution in [2.75, 3.05) is 0 Å². The highest BCUT2D eigenvalue weighted by molar-refractivity contribution is 5.64. The van der Waals surface area contributed by atoms with Crippen molar-refractivity contribution in [3.05, 3.63) is 46.6 Å². The number of halogens is 2. The fourth-order valence-electron chi connectivity index (χ4n) is 1.78. The molecule has 18 heavy (non-hydrogen) atoms. The molecule has 0 fully saturated rings. The van der Waals surface area contributed by atoms with Gasteiger partial charge in [0.05, 0.1) is 11.4 Å². The van der Waals surface area contributed by atoms with Gasteiger partial charge in [0.15, 0.2) is 0 Å². The van der Waals surface area contributed by atoms with Crippen LogP contribution < -0.4 is 0 Å². The summed E-state index contributed by atoms with van der Waals surface area (Å²) in [6.45, 7) is 5.85. The first-order valence-electron chi connectivity index (χ1n) is 5.69. The summed E-state index contributed by atoms with van der Waals surface area (Å²) in [7, 11) is 0. The summed E-state index contributed by atoms with van der Waals surface area (Å²) in [4.78, 5) is 0. The maximum absolute atomic E-state index is 12.5. The summed E-state index contributed by atoms with van der Waals surface area (Å²) in [5.74, 6) is 0. The van der Waals surface area contributed by atoms with Crippen molar-refractivity contribution in [1.29, 1.82) is 0 Å². The zero-order valence-corrected chi connectivity index (χ0v) is 10.5. The predicted octanol–water partition coefficient (Wildman–Crippen LogP) is 4.01. The largest absolute Gasteiger partial charge is 0.263 e. The average molecular weight is 248 g/mol. The van der Waals surface area contributed by atoms with Gasteiger partial charge in [-0.15, -0.1) is 5.10 Å². The van der Waals surface area contributed by atoms with E-state index in [0.717, 1.165) is 28.1 Å². The fraction of sp³-hybridized carbons (Fsp3) is 0.286. The molecule has 0 atom stereocenters. The molecule has 1 aromatic heterocycles. The lowest BCUT2D eigenvalue weighted by Gasteiger charge is -2.09. The Bertz CT molecular complexity index is 563. The molecule has 0 bridgehead atoms. The Kier molecular flexibility index (Phi) is 3.36. The van der Waals surface area contributed by atoms with E-state index in [4.69, 9.17) is 0 Å². The second-order valence-electron chi connectivity index (χ2n) is 4.31. The first kappa shape index (κ1) is 12.6. The van der Waals surface area contributed by atoms with Crippen molar-refractivity contribution in [2.24, 2.45) is 0 Å². The fourth-order valence-corrected chi connectivity index (χ4v) is 1.78. The number of hydrogen-bond donors (Lipinski definition) is 0. The first-order chi connectivity index (χ1) is 8.50. The maximum Gasteiger partial charge on any atom is 0.263 e. The molecule has 0 aliphatic carbocycles. The molecule has 0 spiro atoms. The molecule has 0 aliphatic rings. The highest BCUT2D eigenvalue weighted by Crippen LogP contribution is 2.26. The van der Waals surface area contributed by atoms with Gasteiger partial charge < -0.3 is 0 Å². The van der Waals surface area contributed by atoms with E-state index in [9.17, 15) is 8.78 Å². The van der Waals surface area contributed by atoms with Crippen LogP contribution in [0.3, 0.4) is 0 Å². The van der Waals surface area contributed by atoms with Gasteiger partial charge in [-0.1, -0.05) is 24.3 Å². The molecule has 94 valence electrons. The summed E-state index contributed by atoms with van der Waals surface area (Å²) in [6, 6.07) is 6.17. The Hall–Kier alpha value is -1.84. The number of benzene rings is 1. The standard InChI is InChI=1S/C14H14F2N2/c1-8-9(2)13(18-17-10(8)3)11-4-6-12(7-5-11)14(15)16/h4-7,14H,1-3H3. The average Bonchev–Trinajstić information content (AvgIpc) is 2.36. The minimum atomic E-state index is -2.44. The van der Waals surface area contributed by atoms with E-state index in [1.165, 1.54) is 12.1 Å². The highest BCUT2D eigenvalue weighted by atomic mass is 19.3. The number of nitrogens with zero attached hydrogens (tertiary/aromatic N) is 2. The highest BCUT2D eigenvalue weighted by Gasteiger charge is 2.11. The molecule has 1 heterocycles. The van der Waals surface area contributed by atoms with Crippen LogP contribution in [0.25, 0.3) is 11.3 Å². The van der Waals surface area contributed by atoms with Crippen molar-refractivity contribution >= 4 is 0 Å². The number of aromatic nitrogens is 2. The molecule has 0 aliphatic heterocycles. The third-order valence-electron chi connectivity index (χ3n) is 3.20. The van der Waals surface area contributed by atoms with Crippen LogP contribution in [0.2, 0.25) is 0 Å². The van der Waals surface area contributed by atoms with Gasteiger partial charge >= 0.3 is 0 Å². The van der Waals surface area contributed by atoms with Crippen molar-refractivity contribution in [3.8, 4) is 11.3 Å². The van der Waals surface area contributed by atoms with Gasteiger partial charge in [-0.2, -0.15) is 5.10 Å². The van der Waals surface area contributed by atoms with Crippen LogP contribution in [0.5, 0.6) is 0 Å². The molecular weight excluding hydrogens is 234 g/mol. The van der Waals surface area contributed by atoms with E-state index >= 15 is 0 Å². The molecule has 0 radical (unpaired) electrons. The van der Waals surface area contributed by atoms with E-state index in [2.05, 4.69) is 10.2 Å². The molecule has 2 nitrogen and oxygen atoms in total. The van der Waals surface area contributed by atoms with Crippen LogP contribution in [-0.2, 0) is 0 Å². The minimum Gasteiger partial charge on any atom is -0.205 e. The van der Waals surface area contributed by atoms with Crippen molar-refractivity contribution in [3.63, 3.8) is 0 Å². The Morgan fingerprint density at radius 3 is 2.06 bits per heavy atom. The molecule has 4 heteroatoms. The summed E-state index contributed by atoms with van der Waals surface area (Å²) in [5, 5.41) is 8.22. The van der Waals surface area contributed by atoms with Crippen LogP contribution in [0, 0.1) is 20.8 Å². The van der Waals surface area contributed by atoms with Crippen LogP contribution >= 0.6 is 0 Å². The molecule has 0 saturated carbocycles. The number of alkyl halides is 2. The normalized spacial score (nSPS) is 11.0. The molecule has 2 rings (SSSR count). The lowest BCUT2D eigenvalue weighted by atomic mass is 10.0. The molecule has 0 saturated heterocycles. The van der Waals surface area contributed by atoms with Gasteiger partial charge in [0.25, 0.3) is 6.43 Å². The van der Waals surface area contributed by atoms with Gasteiger partial charge in [0.2, 0.25) is 0 Å². The van der Waals surface area contributed by atoms with Crippen LogP contribution in [0.1, 0.15) is 28.8 Å². The second-order valence-corrected chi connectivity index (χ2v) is 4.31. The third-order valence-corrected chi connectivity index (χ3v) is 3.20. The van der Waals surface area contributed by atoms with Gasteiger partial charge in [-0.05, 0) is 31.9 Å². The molecule has 0 amide bonds. The van der Waals surface area contributed by atoms with Gasteiger partial charge in [-0.25, -0.2) is 8.78 Å². The number of hydrogen-bond acceptors (Lipinski definition) is 2. The molecular formula is C14H14F2N2. The van der Waals surface area contributed by atoms with E-state index in [0.29, 0.717) is 0 Å². The molecule has 2 aromatic rings. The number of aryl methyl sites for hydroxylation is 1. The Morgan fingerprint density at radius 2 is 1.50 bits per heavy atom. The van der Waals surface area contributed by atoms with E-state index < -0.39 is 6.43 Å². The summed E-state index contributed by atoms with van der Waals surface area (Å²) >= 11 is 0. The van der Waals surface area contributed by atoms with E-state index in [1.807, 2.05) is 20.8 Å². The molecule has 0 N–H and O–H groups in total. The van der Waals surface area contributed by atoms with Gasteiger partial charge in [0.1, 0.15) is 0 Å². The maximum atomic E-state index is 12.5. The van der Waals surface area contributed by atoms with Crippen LogP contribution in [0.15, 0.2) is 24.3 Å². The lowest BCUT2D eigenvalue weighted by molar-refractivity contribution is 0.151. The topological polar surface area (TPSA) is 25.8 Å². The molecule has 1 aromatic carbocycles. The van der Waals surface area contributed by atoms with E-state index in [-0.39, 0.29) is 5.56 Å². The summed E-state index contributed by atoms with van der Waals surface area (Å²) in [6.07, 6.45) is -2.44. The van der Waals surface area contributed by atoms with Crippen LogP contribution in [-0.4, -0.2) is 10.2 Å². The summed E-state index contributed by atoms with van der Waals surface area (Å²) < 4.78 is 24.9. The van der Waals surface area contributed by atoms with E-state index in [1.54, 1.807) is 12.1 Å². The Labute approximate surface area is 105 Å². The predicted molar refractivity (Wildman–Crippen MR) is 66.6 cm³/mol. The third kappa shape index (κ3) is 2.23. The minimum absolute atomic E-state index is 0.0215. The van der Waals surface area contributed by atoms with Crippen molar-refractivity contribution < 1.29 is 8.78 Å². The van der Waals surface area contributed by atoms with Gasteiger partial charge in [0, 0.05) is 11.1 Å². The second kappa shape index (κ2) is 4.80. The quantitative estimate of drug-likeness (QED) is 0.802. The smallest absolute Gasteiger partial charge is 0.205 e. The van der Waals surface area contributed by atoms with Crippen molar-refractivity contribution in [1.82, 2.24) is 10.2 Å². The first-order valence-corrected chi connectivity index (χ1v) is 5.69. The Balaban J connectivity index is 2.46. The zero-order valence-electron chi connectivity index (χ0n) is 10.5. The zero-order chi connectivity index (χ0) is 13.3. The molecule has 0 unspecified atom stereocenters. The Morgan fingerprint density at radius 1 is 0.889 bits per heavy atom.